The molecule has 1 N–H and O–H groups in total. The fourth-order valence-electron chi connectivity index (χ4n) is 3.64. The summed E-state index contributed by atoms with van der Waals surface area (Å²) in [6.07, 6.45) is 1.15. The fourth-order valence-corrected chi connectivity index (χ4v) is 4.66. The quantitative estimate of drug-likeness (QED) is 0.235. The van der Waals surface area contributed by atoms with E-state index >= 15 is 0 Å². The molecule has 0 fully saturated rings. The molecule has 0 unspecified atom stereocenters. The Morgan fingerprint density at radius 2 is 1.50 bits per heavy atom. The highest BCUT2D eigenvalue weighted by Crippen LogP contribution is 2.34. The molecule has 1 amide bonds. The summed E-state index contributed by atoms with van der Waals surface area (Å²) in [5, 5.41) is 3.43. The molecule has 0 radical (unpaired) electrons. The molecule has 0 aliphatic carbocycles. The van der Waals surface area contributed by atoms with E-state index in [0.29, 0.717) is 52.2 Å². The normalized spacial score (nSPS) is 11.0. The summed E-state index contributed by atoms with van der Waals surface area (Å²) in [6, 6.07) is 29.9. The number of carbonyl (C=O) groups excluding carboxylic acids is 1. The van der Waals surface area contributed by atoms with E-state index in [9.17, 15) is 13.2 Å². The van der Waals surface area contributed by atoms with Crippen molar-refractivity contribution in [2.75, 3.05) is 23.7 Å². The molecule has 38 heavy (non-hydrogen) atoms. The topological polar surface area (TPSA) is 84.9 Å². The number of sulfonamides is 1. The number of benzene rings is 4. The van der Waals surface area contributed by atoms with Crippen molar-refractivity contribution in [1.82, 2.24) is 5.32 Å². The van der Waals surface area contributed by atoms with Crippen LogP contribution < -0.4 is 19.1 Å². The molecule has 4 aromatic carbocycles. The standard InChI is InChI=1S/C29H27ClN2O5S/c1-38(34,35)32(27-9-5-6-10-28(27)37-26-7-3-2-4-8-26)21-22-11-13-23(14-12-22)29(33)31-19-20-36-25-17-15-24(30)16-18-25/h2-18H,19-21H2,1H3,(H,31,33). The van der Waals surface area contributed by atoms with Crippen molar-refractivity contribution in [3.8, 4) is 17.2 Å². The second kappa shape index (κ2) is 12.5. The van der Waals surface area contributed by atoms with Crippen LogP contribution in [0.25, 0.3) is 0 Å². The molecule has 196 valence electrons. The van der Waals surface area contributed by atoms with Gasteiger partial charge in [0.15, 0.2) is 5.75 Å². The van der Waals surface area contributed by atoms with Gasteiger partial charge in [0, 0.05) is 10.6 Å². The van der Waals surface area contributed by atoms with E-state index < -0.39 is 10.0 Å². The summed E-state index contributed by atoms with van der Waals surface area (Å²) >= 11 is 5.86. The van der Waals surface area contributed by atoms with Crippen LogP contribution in [0.3, 0.4) is 0 Å². The lowest BCUT2D eigenvalue weighted by Crippen LogP contribution is -2.30. The second-order valence-corrected chi connectivity index (χ2v) is 10.8. The Balaban J connectivity index is 1.40. The molecule has 0 aliphatic rings. The summed E-state index contributed by atoms with van der Waals surface area (Å²) < 4.78 is 38.4. The number of hydrogen-bond donors (Lipinski definition) is 1. The highest BCUT2D eigenvalue weighted by atomic mass is 35.5. The molecular weight excluding hydrogens is 524 g/mol. The number of ether oxygens (including phenoxy) is 2. The number of anilines is 1. The first-order valence-corrected chi connectivity index (χ1v) is 14.1. The Bertz CT molecular complexity index is 1460. The average Bonchev–Trinajstić information content (AvgIpc) is 2.91. The monoisotopic (exact) mass is 550 g/mol. The maximum Gasteiger partial charge on any atom is 0.251 e. The van der Waals surface area contributed by atoms with Gasteiger partial charge in [-0.1, -0.05) is 54.1 Å². The zero-order valence-electron chi connectivity index (χ0n) is 20.7. The smallest absolute Gasteiger partial charge is 0.251 e. The minimum absolute atomic E-state index is 0.0742. The maximum atomic E-state index is 12.8. The van der Waals surface area contributed by atoms with Gasteiger partial charge < -0.3 is 14.8 Å². The first kappa shape index (κ1) is 27.0. The van der Waals surface area contributed by atoms with Crippen LogP contribution in [0.4, 0.5) is 5.69 Å². The van der Waals surface area contributed by atoms with Crippen LogP contribution in [0, 0.1) is 0 Å². The number of para-hydroxylation sites is 3. The first-order valence-electron chi connectivity index (χ1n) is 11.8. The van der Waals surface area contributed by atoms with E-state index in [-0.39, 0.29) is 12.5 Å². The highest BCUT2D eigenvalue weighted by molar-refractivity contribution is 7.92. The molecule has 0 aromatic heterocycles. The number of amides is 1. The number of halogens is 1. The predicted octanol–water partition coefficient (Wildman–Crippen LogP) is 5.91. The third kappa shape index (κ3) is 7.50. The summed E-state index contributed by atoms with van der Waals surface area (Å²) in [4.78, 5) is 12.5. The number of carbonyl (C=O) groups is 1. The lowest BCUT2D eigenvalue weighted by molar-refractivity contribution is 0.0947. The summed E-state index contributed by atoms with van der Waals surface area (Å²) in [7, 11) is -3.64. The van der Waals surface area contributed by atoms with E-state index in [0.717, 1.165) is 6.26 Å². The van der Waals surface area contributed by atoms with E-state index in [4.69, 9.17) is 21.1 Å². The van der Waals surface area contributed by atoms with Gasteiger partial charge in [-0.3, -0.25) is 9.10 Å². The van der Waals surface area contributed by atoms with E-state index in [1.165, 1.54) is 4.31 Å². The van der Waals surface area contributed by atoms with Crippen LogP contribution in [0.15, 0.2) is 103 Å². The van der Waals surface area contributed by atoms with Crippen molar-refractivity contribution in [2.24, 2.45) is 0 Å². The third-order valence-corrected chi connectivity index (χ3v) is 6.90. The number of nitrogens with zero attached hydrogens (tertiary/aromatic N) is 1. The van der Waals surface area contributed by atoms with Gasteiger partial charge in [0.1, 0.15) is 18.1 Å². The lowest BCUT2D eigenvalue weighted by Gasteiger charge is -2.25. The maximum absolute atomic E-state index is 12.8. The molecule has 4 aromatic rings. The van der Waals surface area contributed by atoms with Crippen molar-refractivity contribution in [2.45, 2.75) is 6.54 Å². The SMILES string of the molecule is CS(=O)(=O)N(Cc1ccc(C(=O)NCCOc2ccc(Cl)cc2)cc1)c1ccccc1Oc1ccccc1. The van der Waals surface area contributed by atoms with Crippen molar-refractivity contribution >= 4 is 33.2 Å². The van der Waals surface area contributed by atoms with Crippen LogP contribution >= 0.6 is 11.6 Å². The summed E-state index contributed by atoms with van der Waals surface area (Å²) in [6.45, 7) is 0.702. The zero-order chi connectivity index (χ0) is 27.0. The Kier molecular flexibility index (Phi) is 8.89. The van der Waals surface area contributed by atoms with Gasteiger partial charge in [-0.05, 0) is 66.2 Å². The Labute approximate surface area is 227 Å². The van der Waals surface area contributed by atoms with Crippen LogP contribution in [0.1, 0.15) is 15.9 Å². The molecule has 9 heteroatoms. The van der Waals surface area contributed by atoms with Gasteiger partial charge in [-0.15, -0.1) is 0 Å². The van der Waals surface area contributed by atoms with Crippen LogP contribution in [0.2, 0.25) is 5.02 Å². The Morgan fingerprint density at radius 3 is 2.18 bits per heavy atom. The van der Waals surface area contributed by atoms with Gasteiger partial charge in [-0.25, -0.2) is 8.42 Å². The van der Waals surface area contributed by atoms with E-state index in [1.54, 1.807) is 84.9 Å². The second-order valence-electron chi connectivity index (χ2n) is 8.41. The van der Waals surface area contributed by atoms with Gasteiger partial charge in [0.05, 0.1) is 25.0 Å². The van der Waals surface area contributed by atoms with Gasteiger partial charge in [-0.2, -0.15) is 0 Å². The van der Waals surface area contributed by atoms with Gasteiger partial charge >= 0.3 is 0 Å². The molecule has 4 rings (SSSR count). The minimum atomic E-state index is -3.64. The molecule has 0 bridgehead atoms. The molecule has 0 atom stereocenters. The predicted molar refractivity (Wildman–Crippen MR) is 150 cm³/mol. The Morgan fingerprint density at radius 1 is 0.842 bits per heavy atom. The number of rotatable bonds is 11. The van der Waals surface area contributed by atoms with Crippen LogP contribution in [0.5, 0.6) is 17.2 Å². The fraction of sp³-hybridized carbons (Fsp3) is 0.138. The van der Waals surface area contributed by atoms with Crippen LogP contribution in [-0.4, -0.2) is 33.7 Å². The lowest BCUT2D eigenvalue weighted by atomic mass is 10.1. The largest absolute Gasteiger partial charge is 0.492 e. The molecule has 0 saturated carbocycles. The zero-order valence-corrected chi connectivity index (χ0v) is 22.3. The molecule has 0 spiro atoms. The Hall–Kier alpha value is -4.01. The molecule has 0 saturated heterocycles. The number of nitrogens with one attached hydrogen (secondary N) is 1. The molecule has 7 nitrogen and oxygen atoms in total. The van der Waals surface area contributed by atoms with Crippen molar-refractivity contribution in [3.05, 3.63) is 119 Å². The van der Waals surface area contributed by atoms with E-state index in [1.807, 2.05) is 18.2 Å². The summed E-state index contributed by atoms with van der Waals surface area (Å²) in [5.41, 5.74) is 1.59. The van der Waals surface area contributed by atoms with Crippen molar-refractivity contribution in [3.63, 3.8) is 0 Å². The van der Waals surface area contributed by atoms with Crippen LogP contribution in [-0.2, 0) is 16.6 Å². The average molecular weight is 551 g/mol. The molecule has 0 heterocycles. The van der Waals surface area contributed by atoms with Gasteiger partial charge in [0.25, 0.3) is 5.91 Å². The minimum Gasteiger partial charge on any atom is -0.492 e. The van der Waals surface area contributed by atoms with E-state index in [2.05, 4.69) is 5.32 Å². The van der Waals surface area contributed by atoms with Crippen molar-refractivity contribution in [1.29, 1.82) is 0 Å². The summed E-state index contributed by atoms with van der Waals surface area (Å²) in [5.74, 6) is 1.43. The molecular formula is C29H27ClN2O5S. The third-order valence-electron chi connectivity index (χ3n) is 5.52. The first-order chi connectivity index (χ1) is 18.3. The highest BCUT2D eigenvalue weighted by Gasteiger charge is 2.22. The van der Waals surface area contributed by atoms with Gasteiger partial charge in [0.2, 0.25) is 10.0 Å². The number of hydrogen-bond acceptors (Lipinski definition) is 5. The molecule has 0 aliphatic heterocycles. The van der Waals surface area contributed by atoms with Crippen molar-refractivity contribution < 1.29 is 22.7 Å².